The first-order valence-corrected chi connectivity index (χ1v) is 8.15. The predicted molar refractivity (Wildman–Crippen MR) is 90.4 cm³/mol. The van der Waals surface area contributed by atoms with Crippen molar-refractivity contribution in [1.29, 1.82) is 0 Å². The highest BCUT2D eigenvalue weighted by atomic mass is 14.9. The number of pyridine rings is 1. The molecule has 3 N–H and O–H groups in total. The Bertz CT molecular complexity index is 600. The number of nitrogens with one attached hydrogen (secondary N) is 1. The van der Waals surface area contributed by atoms with Crippen molar-refractivity contribution >= 4 is 22.3 Å². The molecule has 0 saturated heterocycles. The number of nitrogen functional groups attached to an aromatic ring is 1. The number of aromatic nitrogens is 1. The minimum Gasteiger partial charge on any atom is -0.398 e. The minimum atomic E-state index is 0.795. The van der Waals surface area contributed by atoms with Crippen LogP contribution in [0.25, 0.3) is 10.9 Å². The molecule has 0 atom stereocenters. The van der Waals surface area contributed by atoms with Crippen molar-refractivity contribution in [1.82, 2.24) is 4.98 Å². The van der Waals surface area contributed by atoms with Crippen molar-refractivity contribution in [2.75, 3.05) is 17.6 Å². The average molecular weight is 283 g/mol. The Morgan fingerprint density at radius 3 is 2.67 bits per heavy atom. The molecule has 1 fully saturated rings. The monoisotopic (exact) mass is 283 g/mol. The summed E-state index contributed by atoms with van der Waals surface area (Å²) >= 11 is 0. The predicted octanol–water partition coefficient (Wildman–Crippen LogP) is 4.45. The van der Waals surface area contributed by atoms with Gasteiger partial charge in [0.1, 0.15) is 0 Å². The zero-order valence-electron chi connectivity index (χ0n) is 12.8. The molecule has 1 heterocycles. The van der Waals surface area contributed by atoms with E-state index < -0.39 is 0 Å². The van der Waals surface area contributed by atoms with E-state index in [0.717, 1.165) is 40.7 Å². The fraction of sp³-hybridized carbons (Fsp3) is 0.500. The Morgan fingerprint density at radius 1 is 1.14 bits per heavy atom. The highest BCUT2D eigenvalue weighted by Gasteiger charge is 2.19. The van der Waals surface area contributed by atoms with Crippen molar-refractivity contribution in [2.45, 2.75) is 39.0 Å². The lowest BCUT2D eigenvalue weighted by Gasteiger charge is -2.28. The molecule has 2 aromatic rings. The average Bonchev–Trinajstić information content (AvgIpc) is 2.55. The SMILES string of the molecule is CCC1CCC(CNc2ccc(N)c3cccnc23)CC1. The van der Waals surface area contributed by atoms with Gasteiger partial charge in [0.25, 0.3) is 0 Å². The van der Waals surface area contributed by atoms with Crippen LogP contribution in [0.1, 0.15) is 39.0 Å². The molecule has 0 spiro atoms. The van der Waals surface area contributed by atoms with Gasteiger partial charge in [0.2, 0.25) is 0 Å². The van der Waals surface area contributed by atoms with Crippen molar-refractivity contribution in [3.05, 3.63) is 30.5 Å². The van der Waals surface area contributed by atoms with Gasteiger partial charge in [-0.3, -0.25) is 4.98 Å². The lowest BCUT2D eigenvalue weighted by atomic mass is 9.81. The molecule has 1 aliphatic rings. The zero-order chi connectivity index (χ0) is 14.7. The van der Waals surface area contributed by atoms with Gasteiger partial charge >= 0.3 is 0 Å². The van der Waals surface area contributed by atoms with Gasteiger partial charge in [-0.2, -0.15) is 0 Å². The number of fused-ring (bicyclic) bond motifs is 1. The van der Waals surface area contributed by atoms with Gasteiger partial charge in [-0.15, -0.1) is 0 Å². The summed E-state index contributed by atoms with van der Waals surface area (Å²) in [4.78, 5) is 4.49. The first kappa shape index (κ1) is 14.2. The zero-order valence-corrected chi connectivity index (χ0v) is 12.8. The smallest absolute Gasteiger partial charge is 0.0953 e. The van der Waals surface area contributed by atoms with E-state index >= 15 is 0 Å². The second kappa shape index (κ2) is 6.33. The molecule has 3 heteroatoms. The highest BCUT2D eigenvalue weighted by molar-refractivity contribution is 5.98. The molecule has 0 aliphatic heterocycles. The molecule has 1 aromatic heterocycles. The quantitative estimate of drug-likeness (QED) is 0.815. The van der Waals surface area contributed by atoms with E-state index in [1.807, 2.05) is 24.4 Å². The van der Waals surface area contributed by atoms with E-state index in [2.05, 4.69) is 23.3 Å². The standard InChI is InChI=1S/C18H25N3/c1-2-13-5-7-14(8-6-13)12-21-17-10-9-16(19)15-4-3-11-20-18(15)17/h3-4,9-11,13-14,21H,2,5-8,12,19H2,1H3. The van der Waals surface area contributed by atoms with Crippen LogP contribution in [0, 0.1) is 11.8 Å². The van der Waals surface area contributed by atoms with Gasteiger partial charge in [-0.25, -0.2) is 0 Å². The molecule has 3 nitrogen and oxygen atoms in total. The van der Waals surface area contributed by atoms with E-state index in [1.54, 1.807) is 0 Å². The number of rotatable bonds is 4. The van der Waals surface area contributed by atoms with Crippen LogP contribution < -0.4 is 11.1 Å². The molecule has 0 bridgehead atoms. The first-order chi connectivity index (χ1) is 10.3. The van der Waals surface area contributed by atoms with Crippen LogP contribution in [0.4, 0.5) is 11.4 Å². The molecule has 1 saturated carbocycles. The summed E-state index contributed by atoms with van der Waals surface area (Å²) in [5.41, 5.74) is 8.92. The summed E-state index contributed by atoms with van der Waals surface area (Å²) in [5, 5.41) is 4.64. The Labute approximate surface area is 127 Å². The summed E-state index contributed by atoms with van der Waals surface area (Å²) in [6.45, 7) is 3.36. The Balaban J connectivity index is 1.67. The maximum atomic E-state index is 6.03. The van der Waals surface area contributed by atoms with Gasteiger partial charge in [0.05, 0.1) is 11.2 Å². The molecule has 1 aliphatic carbocycles. The fourth-order valence-corrected chi connectivity index (χ4v) is 3.44. The summed E-state index contributed by atoms with van der Waals surface area (Å²) in [6, 6.07) is 8.01. The molecule has 3 rings (SSSR count). The van der Waals surface area contributed by atoms with Gasteiger partial charge in [0, 0.05) is 23.8 Å². The largest absolute Gasteiger partial charge is 0.398 e. The van der Waals surface area contributed by atoms with Crippen LogP contribution >= 0.6 is 0 Å². The van der Waals surface area contributed by atoms with Crippen LogP contribution in [-0.4, -0.2) is 11.5 Å². The van der Waals surface area contributed by atoms with E-state index in [0.29, 0.717) is 0 Å². The van der Waals surface area contributed by atoms with E-state index in [1.165, 1.54) is 32.1 Å². The maximum Gasteiger partial charge on any atom is 0.0953 e. The van der Waals surface area contributed by atoms with Crippen molar-refractivity contribution in [3.8, 4) is 0 Å². The van der Waals surface area contributed by atoms with E-state index in [4.69, 9.17) is 5.73 Å². The van der Waals surface area contributed by atoms with E-state index in [9.17, 15) is 0 Å². The number of nitrogens with zero attached hydrogens (tertiary/aromatic N) is 1. The Hall–Kier alpha value is -1.77. The molecule has 0 radical (unpaired) electrons. The number of nitrogens with two attached hydrogens (primary N) is 1. The second-order valence-corrected chi connectivity index (χ2v) is 6.28. The maximum absolute atomic E-state index is 6.03. The Kier molecular flexibility index (Phi) is 4.28. The van der Waals surface area contributed by atoms with Gasteiger partial charge in [0.15, 0.2) is 0 Å². The molecule has 21 heavy (non-hydrogen) atoms. The van der Waals surface area contributed by atoms with E-state index in [-0.39, 0.29) is 0 Å². The van der Waals surface area contributed by atoms with Crippen molar-refractivity contribution < 1.29 is 0 Å². The first-order valence-electron chi connectivity index (χ1n) is 8.15. The molecular weight excluding hydrogens is 258 g/mol. The highest BCUT2D eigenvalue weighted by Crippen LogP contribution is 2.32. The number of anilines is 2. The topological polar surface area (TPSA) is 50.9 Å². The molecule has 1 aromatic carbocycles. The minimum absolute atomic E-state index is 0.795. The Morgan fingerprint density at radius 2 is 1.90 bits per heavy atom. The molecule has 0 amide bonds. The third-order valence-electron chi connectivity index (χ3n) is 4.93. The number of hydrogen-bond donors (Lipinski definition) is 2. The third kappa shape index (κ3) is 3.12. The van der Waals surface area contributed by atoms with Gasteiger partial charge in [-0.05, 0) is 48.9 Å². The van der Waals surface area contributed by atoms with Crippen LogP contribution in [-0.2, 0) is 0 Å². The molecule has 112 valence electrons. The van der Waals surface area contributed by atoms with Gasteiger partial charge in [-0.1, -0.05) is 26.2 Å². The van der Waals surface area contributed by atoms with Crippen LogP contribution in [0.2, 0.25) is 0 Å². The lowest BCUT2D eigenvalue weighted by molar-refractivity contribution is 0.278. The number of benzene rings is 1. The van der Waals surface area contributed by atoms with Crippen molar-refractivity contribution in [3.63, 3.8) is 0 Å². The van der Waals surface area contributed by atoms with Crippen LogP contribution in [0.5, 0.6) is 0 Å². The molecule has 0 unspecified atom stereocenters. The summed E-state index contributed by atoms with van der Waals surface area (Å²) in [7, 11) is 0. The van der Waals surface area contributed by atoms with Crippen LogP contribution in [0.15, 0.2) is 30.5 Å². The summed E-state index contributed by atoms with van der Waals surface area (Å²) in [6.07, 6.45) is 8.66. The third-order valence-corrected chi connectivity index (χ3v) is 4.93. The normalized spacial score (nSPS) is 22.3. The number of hydrogen-bond acceptors (Lipinski definition) is 3. The second-order valence-electron chi connectivity index (χ2n) is 6.28. The van der Waals surface area contributed by atoms with Gasteiger partial charge < -0.3 is 11.1 Å². The molecular formula is C18H25N3. The summed E-state index contributed by atoms with van der Waals surface area (Å²) < 4.78 is 0. The fourth-order valence-electron chi connectivity index (χ4n) is 3.44. The van der Waals surface area contributed by atoms with Crippen LogP contribution in [0.3, 0.4) is 0 Å². The summed E-state index contributed by atoms with van der Waals surface area (Å²) in [5.74, 6) is 1.75. The lowest BCUT2D eigenvalue weighted by Crippen LogP contribution is -2.21. The van der Waals surface area contributed by atoms with Crippen molar-refractivity contribution in [2.24, 2.45) is 11.8 Å².